The third-order valence-electron chi connectivity index (χ3n) is 2.08. The van der Waals surface area contributed by atoms with Crippen molar-refractivity contribution in [3.8, 4) is 0 Å². The molecule has 1 atom stereocenters. The number of nitrogens with zero attached hydrogens (tertiary/aromatic N) is 1. The Morgan fingerprint density at radius 1 is 1.56 bits per heavy atom. The molecule has 98 valence electrons. The lowest BCUT2D eigenvalue weighted by atomic mass is 10.3. The molecule has 7 nitrogen and oxygen atoms in total. The van der Waals surface area contributed by atoms with E-state index in [0.29, 0.717) is 0 Å². The van der Waals surface area contributed by atoms with Crippen molar-refractivity contribution in [3.05, 3.63) is 34.4 Å². The third kappa shape index (κ3) is 3.99. The van der Waals surface area contributed by atoms with Crippen molar-refractivity contribution in [1.82, 2.24) is 5.43 Å². The number of hydrazine groups is 1. The molecule has 1 amide bonds. The van der Waals surface area contributed by atoms with Gasteiger partial charge in [-0.15, -0.1) is 11.8 Å². The number of methoxy groups -OCH3 is 1. The van der Waals surface area contributed by atoms with Crippen LogP contribution in [0.25, 0.3) is 0 Å². The lowest BCUT2D eigenvalue weighted by molar-refractivity contribution is -0.384. The van der Waals surface area contributed by atoms with Gasteiger partial charge < -0.3 is 4.74 Å². The Labute approximate surface area is 108 Å². The van der Waals surface area contributed by atoms with Gasteiger partial charge in [-0.25, -0.2) is 5.84 Å². The van der Waals surface area contributed by atoms with Crippen molar-refractivity contribution < 1.29 is 14.5 Å². The largest absolute Gasteiger partial charge is 0.383 e. The molecular weight excluding hydrogens is 258 g/mol. The summed E-state index contributed by atoms with van der Waals surface area (Å²) in [5, 5.41) is 9.99. The Balaban J connectivity index is 2.74. The first kappa shape index (κ1) is 14.4. The van der Waals surface area contributed by atoms with Crippen molar-refractivity contribution in [2.75, 3.05) is 13.7 Å². The summed E-state index contributed by atoms with van der Waals surface area (Å²) < 4.78 is 4.92. The average molecular weight is 271 g/mol. The van der Waals surface area contributed by atoms with Crippen molar-refractivity contribution in [2.24, 2.45) is 5.84 Å². The van der Waals surface area contributed by atoms with Crippen LogP contribution >= 0.6 is 11.8 Å². The molecule has 0 fully saturated rings. The second-order valence-corrected chi connectivity index (χ2v) is 4.60. The fraction of sp³-hybridized carbons (Fsp3) is 0.300. The van der Waals surface area contributed by atoms with Gasteiger partial charge in [0, 0.05) is 24.1 Å². The minimum atomic E-state index is -0.499. The van der Waals surface area contributed by atoms with Gasteiger partial charge in [-0.2, -0.15) is 0 Å². The normalized spacial score (nSPS) is 11.9. The number of rotatable bonds is 6. The predicted octanol–water partition coefficient (Wildman–Crippen LogP) is 0.692. The summed E-state index contributed by atoms with van der Waals surface area (Å²) in [6.45, 7) is 0.199. The number of nitro benzene ring substituents is 1. The van der Waals surface area contributed by atoms with Gasteiger partial charge in [-0.05, 0) is 12.1 Å². The van der Waals surface area contributed by atoms with Crippen LogP contribution in [0.15, 0.2) is 29.2 Å². The summed E-state index contributed by atoms with van der Waals surface area (Å²) in [6.07, 6.45) is 0. The molecule has 0 aliphatic rings. The van der Waals surface area contributed by atoms with Crippen LogP contribution in [0.3, 0.4) is 0 Å². The Bertz CT molecular complexity index is 424. The topological polar surface area (TPSA) is 107 Å². The van der Waals surface area contributed by atoms with Gasteiger partial charge in [0.25, 0.3) is 5.69 Å². The monoisotopic (exact) mass is 271 g/mol. The Hall–Kier alpha value is -1.64. The number of benzene rings is 1. The molecule has 0 saturated carbocycles. The summed E-state index contributed by atoms with van der Waals surface area (Å²) in [4.78, 5) is 22.2. The number of hydrogen-bond acceptors (Lipinski definition) is 6. The van der Waals surface area contributed by atoms with Crippen molar-refractivity contribution in [2.45, 2.75) is 10.1 Å². The maximum Gasteiger partial charge on any atom is 0.269 e. The van der Waals surface area contributed by atoms with Crippen LogP contribution in [-0.2, 0) is 9.53 Å². The number of non-ortho nitro benzene ring substituents is 1. The maximum absolute atomic E-state index is 11.4. The standard InChI is InChI=1S/C10H13N3O4S/c1-17-6-9(10(14)12-11)18-8-4-2-7(3-5-8)13(15)16/h2-5,9H,6,11H2,1H3,(H,12,14). The first-order valence-electron chi connectivity index (χ1n) is 4.99. The van der Waals surface area contributed by atoms with E-state index in [1.807, 2.05) is 0 Å². The van der Waals surface area contributed by atoms with Crippen molar-refractivity contribution >= 4 is 23.4 Å². The molecule has 8 heteroatoms. The van der Waals surface area contributed by atoms with Gasteiger partial charge in [-0.1, -0.05) is 0 Å². The molecule has 0 aliphatic carbocycles. The highest BCUT2D eigenvalue weighted by molar-refractivity contribution is 8.00. The number of nitrogens with one attached hydrogen (secondary N) is 1. The van der Waals surface area contributed by atoms with Crippen LogP contribution < -0.4 is 11.3 Å². The van der Waals surface area contributed by atoms with Crippen LogP contribution in [0.5, 0.6) is 0 Å². The highest BCUT2D eigenvalue weighted by Crippen LogP contribution is 2.25. The molecule has 1 aromatic rings. The zero-order valence-corrected chi connectivity index (χ0v) is 10.5. The lowest BCUT2D eigenvalue weighted by Crippen LogP contribution is -2.39. The van der Waals surface area contributed by atoms with Gasteiger partial charge >= 0.3 is 0 Å². The molecule has 0 aliphatic heterocycles. The van der Waals surface area contributed by atoms with Crippen molar-refractivity contribution in [3.63, 3.8) is 0 Å². The molecular formula is C10H13N3O4S. The molecule has 1 unspecified atom stereocenters. The minimum absolute atomic E-state index is 0.00548. The van der Waals surface area contributed by atoms with Crippen molar-refractivity contribution in [1.29, 1.82) is 0 Å². The summed E-state index contributed by atoms with van der Waals surface area (Å²) in [6, 6.07) is 5.92. The molecule has 0 bridgehead atoms. The zero-order valence-electron chi connectivity index (χ0n) is 9.66. The molecule has 18 heavy (non-hydrogen) atoms. The van der Waals surface area contributed by atoms with Crippen LogP contribution in [0.1, 0.15) is 0 Å². The molecule has 0 radical (unpaired) electrons. The van der Waals surface area contributed by atoms with Gasteiger partial charge in [0.05, 0.1) is 11.5 Å². The number of thioether (sulfide) groups is 1. The number of carbonyl (C=O) groups is 1. The number of ether oxygens (including phenoxy) is 1. The molecule has 0 heterocycles. The SMILES string of the molecule is COCC(Sc1ccc([N+](=O)[O-])cc1)C(=O)NN. The highest BCUT2D eigenvalue weighted by atomic mass is 32.2. The quantitative estimate of drug-likeness (QED) is 0.259. The average Bonchev–Trinajstić information content (AvgIpc) is 2.38. The van der Waals surface area contributed by atoms with E-state index in [1.54, 1.807) is 12.1 Å². The number of amides is 1. The van der Waals surface area contributed by atoms with E-state index >= 15 is 0 Å². The summed E-state index contributed by atoms with van der Waals surface area (Å²) in [5.74, 6) is 4.70. The van der Waals surface area contributed by atoms with Gasteiger partial charge in [-0.3, -0.25) is 20.3 Å². The van der Waals surface area contributed by atoms with E-state index < -0.39 is 10.2 Å². The number of nitrogens with two attached hydrogens (primary N) is 1. The molecule has 0 saturated heterocycles. The summed E-state index contributed by atoms with van der Waals surface area (Å²) in [5.41, 5.74) is 2.06. The number of nitro groups is 1. The molecule has 1 rings (SSSR count). The summed E-state index contributed by atoms with van der Waals surface area (Å²) in [7, 11) is 1.48. The predicted molar refractivity (Wildman–Crippen MR) is 66.9 cm³/mol. The Morgan fingerprint density at radius 3 is 2.61 bits per heavy atom. The second-order valence-electron chi connectivity index (χ2n) is 3.32. The van der Waals surface area contributed by atoms with E-state index in [1.165, 1.54) is 31.0 Å². The summed E-state index contributed by atoms with van der Waals surface area (Å²) >= 11 is 1.23. The second kappa shape index (κ2) is 6.94. The van der Waals surface area contributed by atoms with Gasteiger partial charge in [0.2, 0.25) is 5.91 Å². The zero-order chi connectivity index (χ0) is 13.5. The first-order valence-corrected chi connectivity index (χ1v) is 5.87. The fourth-order valence-corrected chi connectivity index (χ4v) is 2.22. The lowest BCUT2D eigenvalue weighted by Gasteiger charge is -2.13. The molecule has 0 aromatic heterocycles. The van der Waals surface area contributed by atoms with Crippen LogP contribution in [0, 0.1) is 10.1 Å². The van der Waals surface area contributed by atoms with Gasteiger partial charge in [0.15, 0.2) is 0 Å². The smallest absolute Gasteiger partial charge is 0.269 e. The van der Waals surface area contributed by atoms with E-state index in [2.05, 4.69) is 5.43 Å². The maximum atomic E-state index is 11.4. The van der Waals surface area contributed by atoms with Crippen LogP contribution in [-0.4, -0.2) is 29.8 Å². The van der Waals surface area contributed by atoms with E-state index in [9.17, 15) is 14.9 Å². The van der Waals surface area contributed by atoms with Gasteiger partial charge in [0.1, 0.15) is 5.25 Å². The van der Waals surface area contributed by atoms with Crippen LogP contribution in [0.4, 0.5) is 5.69 Å². The minimum Gasteiger partial charge on any atom is -0.383 e. The highest BCUT2D eigenvalue weighted by Gasteiger charge is 2.19. The first-order chi connectivity index (χ1) is 8.58. The molecule has 0 spiro atoms. The number of carbonyl (C=O) groups excluding carboxylic acids is 1. The van der Waals surface area contributed by atoms with E-state index in [0.717, 1.165) is 4.90 Å². The fourth-order valence-electron chi connectivity index (χ4n) is 1.22. The van der Waals surface area contributed by atoms with E-state index in [4.69, 9.17) is 10.6 Å². The van der Waals surface area contributed by atoms with E-state index in [-0.39, 0.29) is 18.2 Å². The van der Waals surface area contributed by atoms with Crippen LogP contribution in [0.2, 0.25) is 0 Å². The number of hydrogen-bond donors (Lipinski definition) is 2. The Kier molecular flexibility index (Phi) is 5.56. The Morgan fingerprint density at radius 2 is 2.17 bits per heavy atom. The third-order valence-corrected chi connectivity index (χ3v) is 3.26. The molecule has 3 N–H and O–H groups in total. The molecule has 1 aromatic carbocycles.